The molecule has 1 aliphatic rings. The van der Waals surface area contributed by atoms with Crippen LogP contribution in [-0.4, -0.2) is 60.2 Å². The number of carbonyl (C=O) groups excluding carboxylic acids is 1. The number of hydrogen-bond acceptors (Lipinski definition) is 5. The second-order valence-corrected chi connectivity index (χ2v) is 6.79. The van der Waals surface area contributed by atoms with Crippen molar-refractivity contribution in [3.63, 3.8) is 0 Å². The van der Waals surface area contributed by atoms with Gasteiger partial charge >= 0.3 is 18.0 Å². The summed E-state index contributed by atoms with van der Waals surface area (Å²) in [5, 5.41) is 21.6. The van der Waals surface area contributed by atoms with Crippen LogP contribution in [0.5, 0.6) is 0 Å². The fraction of sp³-hybridized carbons (Fsp3) is 0.700. The first-order valence-corrected chi connectivity index (χ1v) is 7.74. The van der Waals surface area contributed by atoms with E-state index < -0.39 is 46.3 Å². The van der Waals surface area contributed by atoms with E-state index in [1.807, 2.05) is 5.32 Å². The average molecular weight is 308 g/mol. The first kappa shape index (κ1) is 16.2. The Labute approximate surface area is 115 Å². The second kappa shape index (κ2) is 6.55. The third kappa shape index (κ3) is 5.43. The number of hydrogen-bond donors (Lipinski definition) is 4. The van der Waals surface area contributed by atoms with Crippen LogP contribution in [0.2, 0.25) is 0 Å². The molecule has 114 valence electrons. The largest absolute Gasteiger partial charge is 0.481 e. The molecule has 0 aromatic rings. The van der Waals surface area contributed by atoms with Crippen molar-refractivity contribution in [3.05, 3.63) is 0 Å². The highest BCUT2D eigenvalue weighted by molar-refractivity contribution is 7.91. The smallest absolute Gasteiger partial charge is 0.326 e. The van der Waals surface area contributed by atoms with Crippen molar-refractivity contribution in [1.29, 1.82) is 0 Å². The molecule has 1 rings (SSSR count). The standard InChI is InChI=1S/C10H16N2O7S/c13-8(14)4-7(9(15)16)12-10(17)11-6-2-1-3-20(18,19)5-6/h6-7H,1-5H2,(H,13,14)(H,15,16)(H2,11,12,17). The van der Waals surface area contributed by atoms with Crippen LogP contribution in [0.4, 0.5) is 4.79 Å². The molecule has 1 fully saturated rings. The normalized spacial score (nSPS) is 22.5. The van der Waals surface area contributed by atoms with E-state index in [2.05, 4.69) is 5.32 Å². The Bertz CT molecular complexity index is 502. The predicted molar refractivity (Wildman–Crippen MR) is 67.0 cm³/mol. The predicted octanol–water partition coefficient (Wildman–Crippen LogP) is -1.21. The molecular weight excluding hydrogens is 292 g/mol. The van der Waals surface area contributed by atoms with Crippen molar-refractivity contribution in [2.45, 2.75) is 31.3 Å². The SMILES string of the molecule is O=C(O)CC(NC(=O)NC1CCCS(=O)(=O)C1)C(=O)O. The van der Waals surface area contributed by atoms with Gasteiger partial charge in [-0.1, -0.05) is 0 Å². The number of amides is 2. The van der Waals surface area contributed by atoms with Gasteiger partial charge in [-0.25, -0.2) is 18.0 Å². The highest BCUT2D eigenvalue weighted by Crippen LogP contribution is 2.11. The summed E-state index contributed by atoms with van der Waals surface area (Å²) in [5.74, 6) is -2.96. The minimum atomic E-state index is -3.19. The number of aliphatic carboxylic acids is 2. The van der Waals surface area contributed by atoms with Gasteiger partial charge in [0.2, 0.25) is 0 Å². The van der Waals surface area contributed by atoms with Crippen LogP contribution < -0.4 is 10.6 Å². The molecule has 10 heteroatoms. The van der Waals surface area contributed by atoms with Crippen molar-refractivity contribution in [1.82, 2.24) is 10.6 Å². The first-order chi connectivity index (χ1) is 9.19. The molecule has 9 nitrogen and oxygen atoms in total. The maximum Gasteiger partial charge on any atom is 0.326 e. The van der Waals surface area contributed by atoms with Crippen LogP contribution in [0.25, 0.3) is 0 Å². The molecule has 1 aliphatic heterocycles. The molecule has 0 aromatic heterocycles. The minimum Gasteiger partial charge on any atom is -0.481 e. The molecule has 2 atom stereocenters. The third-order valence-electron chi connectivity index (χ3n) is 2.78. The zero-order valence-electron chi connectivity index (χ0n) is 10.5. The van der Waals surface area contributed by atoms with E-state index in [0.29, 0.717) is 12.8 Å². The Morgan fingerprint density at radius 2 is 1.90 bits per heavy atom. The van der Waals surface area contributed by atoms with Crippen molar-refractivity contribution in [2.75, 3.05) is 11.5 Å². The molecule has 0 saturated carbocycles. The zero-order chi connectivity index (χ0) is 15.3. The van der Waals surface area contributed by atoms with Crippen molar-refractivity contribution >= 4 is 27.8 Å². The highest BCUT2D eigenvalue weighted by atomic mass is 32.2. The summed E-state index contributed by atoms with van der Waals surface area (Å²) in [6.45, 7) is 0. The first-order valence-electron chi connectivity index (χ1n) is 5.91. The minimum absolute atomic E-state index is 0.0730. The van der Waals surface area contributed by atoms with E-state index in [4.69, 9.17) is 10.2 Å². The van der Waals surface area contributed by atoms with Crippen LogP contribution in [0.15, 0.2) is 0 Å². The Balaban J connectivity index is 2.53. The van der Waals surface area contributed by atoms with Crippen molar-refractivity contribution < 1.29 is 33.0 Å². The summed E-state index contributed by atoms with van der Waals surface area (Å²) in [4.78, 5) is 32.8. The molecule has 20 heavy (non-hydrogen) atoms. The molecule has 0 aliphatic carbocycles. The quantitative estimate of drug-likeness (QED) is 0.497. The van der Waals surface area contributed by atoms with E-state index >= 15 is 0 Å². The van der Waals surface area contributed by atoms with Crippen LogP contribution in [0.1, 0.15) is 19.3 Å². The second-order valence-electron chi connectivity index (χ2n) is 4.56. The van der Waals surface area contributed by atoms with Crippen LogP contribution >= 0.6 is 0 Å². The van der Waals surface area contributed by atoms with Crippen LogP contribution in [-0.2, 0) is 19.4 Å². The molecule has 0 spiro atoms. The number of carboxylic acids is 2. The lowest BCUT2D eigenvalue weighted by atomic mass is 10.2. The number of urea groups is 1. The number of nitrogens with one attached hydrogen (secondary N) is 2. The summed E-state index contributed by atoms with van der Waals surface area (Å²) in [6, 6.07) is -3.04. The van der Waals surface area contributed by atoms with E-state index in [1.165, 1.54) is 0 Å². The molecule has 2 amide bonds. The van der Waals surface area contributed by atoms with E-state index in [9.17, 15) is 22.8 Å². The van der Waals surface area contributed by atoms with Crippen LogP contribution in [0, 0.1) is 0 Å². The fourth-order valence-corrected chi connectivity index (χ4v) is 3.53. The van der Waals surface area contributed by atoms with E-state index in [1.54, 1.807) is 0 Å². The number of rotatable bonds is 5. The Kier molecular flexibility index (Phi) is 5.31. The van der Waals surface area contributed by atoms with Gasteiger partial charge in [-0.2, -0.15) is 0 Å². The Hall–Kier alpha value is -1.84. The molecule has 0 bridgehead atoms. The van der Waals surface area contributed by atoms with Gasteiger partial charge in [0.05, 0.1) is 17.9 Å². The lowest BCUT2D eigenvalue weighted by Crippen LogP contribution is -2.52. The van der Waals surface area contributed by atoms with Crippen molar-refractivity contribution in [3.8, 4) is 0 Å². The molecule has 1 saturated heterocycles. The number of sulfone groups is 1. The molecular formula is C10H16N2O7S. The van der Waals surface area contributed by atoms with Crippen LogP contribution in [0.3, 0.4) is 0 Å². The maximum atomic E-state index is 11.5. The molecule has 0 radical (unpaired) electrons. The van der Waals surface area contributed by atoms with E-state index in [0.717, 1.165) is 0 Å². The van der Waals surface area contributed by atoms with Gasteiger partial charge in [-0.05, 0) is 12.8 Å². The summed E-state index contributed by atoms with van der Waals surface area (Å²) in [7, 11) is -3.19. The number of carboxylic acid groups (broad SMARTS) is 2. The van der Waals surface area contributed by atoms with Gasteiger partial charge in [0.15, 0.2) is 9.84 Å². The third-order valence-corrected chi connectivity index (χ3v) is 4.60. The summed E-state index contributed by atoms with van der Waals surface area (Å²) in [5.41, 5.74) is 0. The molecule has 0 aromatic carbocycles. The summed E-state index contributed by atoms with van der Waals surface area (Å²) >= 11 is 0. The Morgan fingerprint density at radius 3 is 2.40 bits per heavy atom. The van der Waals surface area contributed by atoms with Gasteiger partial charge in [0.1, 0.15) is 6.04 Å². The highest BCUT2D eigenvalue weighted by Gasteiger charge is 2.28. The van der Waals surface area contributed by atoms with Gasteiger partial charge in [-0.3, -0.25) is 4.79 Å². The summed E-state index contributed by atoms with van der Waals surface area (Å²) in [6.07, 6.45) is 0.139. The average Bonchev–Trinajstić information content (AvgIpc) is 2.25. The summed E-state index contributed by atoms with van der Waals surface area (Å²) < 4.78 is 22.7. The van der Waals surface area contributed by atoms with Crippen molar-refractivity contribution in [2.24, 2.45) is 0 Å². The Morgan fingerprint density at radius 1 is 1.25 bits per heavy atom. The van der Waals surface area contributed by atoms with E-state index in [-0.39, 0.29) is 11.5 Å². The molecule has 4 N–H and O–H groups in total. The lowest BCUT2D eigenvalue weighted by Gasteiger charge is -2.24. The zero-order valence-corrected chi connectivity index (χ0v) is 11.4. The topological polar surface area (TPSA) is 150 Å². The molecule has 2 unspecified atom stereocenters. The number of carbonyl (C=O) groups is 3. The lowest BCUT2D eigenvalue weighted by molar-refractivity contribution is -0.145. The molecule has 1 heterocycles. The van der Waals surface area contributed by atoms with Gasteiger partial charge in [0, 0.05) is 6.04 Å². The monoisotopic (exact) mass is 308 g/mol. The van der Waals surface area contributed by atoms with Gasteiger partial charge in [0.25, 0.3) is 0 Å². The van der Waals surface area contributed by atoms with Gasteiger partial charge in [-0.15, -0.1) is 0 Å². The van der Waals surface area contributed by atoms with Gasteiger partial charge < -0.3 is 20.8 Å². The maximum absolute atomic E-state index is 11.5. The fourth-order valence-electron chi connectivity index (χ4n) is 1.90.